The van der Waals surface area contributed by atoms with E-state index in [9.17, 15) is 4.79 Å². The fraction of sp³-hybridized carbons (Fsp3) is 0.875. The first-order valence-corrected chi connectivity index (χ1v) is 8.12. The van der Waals surface area contributed by atoms with Crippen molar-refractivity contribution in [3.8, 4) is 0 Å². The molecule has 22 heavy (non-hydrogen) atoms. The van der Waals surface area contributed by atoms with Crippen molar-refractivity contribution >= 4 is 11.7 Å². The van der Waals surface area contributed by atoms with Gasteiger partial charge in [-0.1, -0.05) is 27.7 Å². The maximum absolute atomic E-state index is 11.6. The predicted molar refractivity (Wildman–Crippen MR) is 87.8 cm³/mol. The molecule has 1 saturated heterocycles. The molecule has 2 heterocycles. The number of amides is 1. The summed E-state index contributed by atoms with van der Waals surface area (Å²) in [6.07, 6.45) is 0.00965. The minimum Gasteiger partial charge on any atom is -0.348 e. The highest BCUT2D eigenvalue weighted by Gasteiger charge is 2.34. The zero-order valence-corrected chi connectivity index (χ0v) is 15.3. The first-order chi connectivity index (χ1) is 10.4. The molecule has 0 aliphatic carbocycles. The van der Waals surface area contributed by atoms with E-state index in [2.05, 4.69) is 4.99 Å². The highest BCUT2D eigenvalue weighted by Crippen LogP contribution is 2.23. The summed E-state index contributed by atoms with van der Waals surface area (Å²) < 4.78 is 16.5. The van der Waals surface area contributed by atoms with Crippen LogP contribution in [0.2, 0.25) is 0 Å². The van der Waals surface area contributed by atoms with Gasteiger partial charge < -0.3 is 19.1 Å². The molecule has 0 radical (unpaired) electrons. The Morgan fingerprint density at radius 1 is 1.32 bits per heavy atom. The summed E-state index contributed by atoms with van der Waals surface area (Å²) in [4.78, 5) is 17.6. The summed E-state index contributed by atoms with van der Waals surface area (Å²) in [5.41, 5.74) is 0. The van der Waals surface area contributed by atoms with Crippen LogP contribution in [0.25, 0.3) is 0 Å². The third-order valence-electron chi connectivity index (χ3n) is 3.10. The van der Waals surface area contributed by atoms with Gasteiger partial charge in [0.2, 0.25) is 5.91 Å². The van der Waals surface area contributed by atoms with E-state index in [-0.39, 0.29) is 18.2 Å². The van der Waals surface area contributed by atoms with E-state index >= 15 is 0 Å². The standard InChI is InChI=1S/C12H20N2O4.2C2H6/c1-8-13-9(5-10(15)14(8)4)6-16-11-7-17-12(2,3)18-11;2*1-2/h9,11H,5-7H2,1-4H3;2*1-2H3. The largest absolute Gasteiger partial charge is 0.348 e. The molecule has 2 atom stereocenters. The van der Waals surface area contributed by atoms with E-state index in [0.29, 0.717) is 19.6 Å². The maximum atomic E-state index is 11.6. The van der Waals surface area contributed by atoms with E-state index < -0.39 is 5.79 Å². The van der Waals surface area contributed by atoms with E-state index in [4.69, 9.17) is 14.2 Å². The van der Waals surface area contributed by atoms with E-state index in [1.165, 1.54) is 0 Å². The van der Waals surface area contributed by atoms with E-state index in [1.54, 1.807) is 11.9 Å². The predicted octanol–water partition coefficient (Wildman–Crippen LogP) is 2.81. The Bertz CT molecular complexity index is 369. The van der Waals surface area contributed by atoms with Gasteiger partial charge in [-0.3, -0.25) is 9.79 Å². The van der Waals surface area contributed by atoms with Crippen molar-refractivity contribution in [2.75, 3.05) is 20.3 Å². The first kappa shape index (κ1) is 21.0. The summed E-state index contributed by atoms with van der Waals surface area (Å²) in [5.74, 6) is 0.204. The lowest BCUT2D eigenvalue weighted by molar-refractivity contribution is -0.192. The quantitative estimate of drug-likeness (QED) is 0.803. The maximum Gasteiger partial charge on any atom is 0.229 e. The van der Waals surface area contributed by atoms with Gasteiger partial charge in [-0.15, -0.1) is 0 Å². The lowest BCUT2D eigenvalue weighted by atomic mass is 10.1. The number of rotatable bonds is 3. The molecule has 0 bridgehead atoms. The van der Waals surface area contributed by atoms with Gasteiger partial charge in [0.15, 0.2) is 12.1 Å². The van der Waals surface area contributed by atoms with Gasteiger partial charge in [0, 0.05) is 7.05 Å². The molecule has 2 aliphatic rings. The van der Waals surface area contributed by atoms with Crippen LogP contribution in [-0.4, -0.2) is 55.0 Å². The fourth-order valence-electron chi connectivity index (χ4n) is 1.97. The fourth-order valence-corrected chi connectivity index (χ4v) is 1.97. The molecule has 0 aromatic heterocycles. The molecule has 0 saturated carbocycles. The number of carbonyl (C=O) groups excluding carboxylic acids is 1. The van der Waals surface area contributed by atoms with E-state index in [0.717, 1.165) is 5.84 Å². The molecule has 2 unspecified atom stereocenters. The van der Waals surface area contributed by atoms with Gasteiger partial charge in [-0.25, -0.2) is 0 Å². The van der Waals surface area contributed by atoms with Crippen LogP contribution in [0.5, 0.6) is 0 Å². The summed E-state index contributed by atoms with van der Waals surface area (Å²) >= 11 is 0. The zero-order chi connectivity index (χ0) is 17.3. The molecular formula is C16H32N2O4. The second kappa shape index (κ2) is 9.92. The molecule has 1 amide bonds. The van der Waals surface area contributed by atoms with Crippen LogP contribution >= 0.6 is 0 Å². The first-order valence-electron chi connectivity index (χ1n) is 8.12. The smallest absolute Gasteiger partial charge is 0.229 e. The second-order valence-electron chi connectivity index (χ2n) is 5.08. The molecule has 6 nitrogen and oxygen atoms in total. The van der Waals surface area contributed by atoms with Crippen molar-refractivity contribution in [3.05, 3.63) is 0 Å². The highest BCUT2D eigenvalue weighted by molar-refractivity contribution is 5.98. The van der Waals surface area contributed by atoms with Crippen LogP contribution in [0.3, 0.4) is 0 Å². The number of hydrogen-bond donors (Lipinski definition) is 0. The van der Waals surface area contributed by atoms with Crippen molar-refractivity contribution in [3.63, 3.8) is 0 Å². The molecule has 0 N–H and O–H groups in total. The van der Waals surface area contributed by atoms with Crippen molar-refractivity contribution < 1.29 is 19.0 Å². The Morgan fingerprint density at radius 2 is 1.91 bits per heavy atom. The topological polar surface area (TPSA) is 60.4 Å². The highest BCUT2D eigenvalue weighted by atomic mass is 16.8. The number of nitrogens with zero attached hydrogens (tertiary/aromatic N) is 2. The van der Waals surface area contributed by atoms with Crippen molar-refractivity contribution in [1.82, 2.24) is 4.90 Å². The van der Waals surface area contributed by atoms with Gasteiger partial charge >= 0.3 is 0 Å². The molecule has 0 aromatic rings. The second-order valence-corrected chi connectivity index (χ2v) is 5.08. The summed E-state index contributed by atoms with van der Waals surface area (Å²) in [7, 11) is 1.73. The SMILES string of the molecule is CC.CC.CC1=NC(COC2COC(C)(C)O2)CC(=O)N1C. The molecule has 0 aromatic carbocycles. The Labute approximate surface area is 134 Å². The lowest BCUT2D eigenvalue weighted by Crippen LogP contribution is -2.40. The van der Waals surface area contributed by atoms with Crippen molar-refractivity contribution in [1.29, 1.82) is 0 Å². The van der Waals surface area contributed by atoms with Crippen molar-refractivity contribution in [2.45, 2.75) is 73.0 Å². The van der Waals surface area contributed by atoms with Crippen LogP contribution in [0.1, 0.15) is 54.9 Å². The van der Waals surface area contributed by atoms with Crippen LogP contribution in [-0.2, 0) is 19.0 Å². The van der Waals surface area contributed by atoms with Crippen molar-refractivity contribution in [2.24, 2.45) is 4.99 Å². The number of amidine groups is 1. The normalized spacial score (nSPS) is 26.5. The number of ether oxygens (including phenoxy) is 3. The molecule has 2 rings (SSSR count). The Balaban J connectivity index is 0.00000102. The average molecular weight is 316 g/mol. The van der Waals surface area contributed by atoms with Gasteiger partial charge in [0.1, 0.15) is 12.4 Å². The monoisotopic (exact) mass is 316 g/mol. The molecule has 2 aliphatic heterocycles. The minimum absolute atomic E-state index is 0.0695. The summed E-state index contributed by atoms with van der Waals surface area (Å²) in [6.45, 7) is 14.3. The number of carbonyl (C=O) groups is 1. The molecule has 130 valence electrons. The van der Waals surface area contributed by atoms with Crippen LogP contribution in [0, 0.1) is 0 Å². The Morgan fingerprint density at radius 3 is 2.36 bits per heavy atom. The number of hydrogen-bond acceptors (Lipinski definition) is 5. The summed E-state index contributed by atoms with van der Waals surface area (Å²) in [6, 6.07) is -0.124. The summed E-state index contributed by atoms with van der Waals surface area (Å²) in [5, 5.41) is 0. The van der Waals surface area contributed by atoms with Gasteiger partial charge in [-0.05, 0) is 20.8 Å². The Kier molecular flexibility index (Phi) is 9.48. The van der Waals surface area contributed by atoms with Crippen LogP contribution in [0.15, 0.2) is 4.99 Å². The molecular weight excluding hydrogens is 284 g/mol. The van der Waals surface area contributed by atoms with Gasteiger partial charge in [-0.2, -0.15) is 0 Å². The average Bonchev–Trinajstić information content (AvgIpc) is 2.86. The minimum atomic E-state index is -0.591. The zero-order valence-electron chi connectivity index (χ0n) is 15.3. The van der Waals surface area contributed by atoms with Crippen LogP contribution in [0.4, 0.5) is 0 Å². The van der Waals surface area contributed by atoms with Gasteiger partial charge in [0.25, 0.3) is 0 Å². The molecule has 0 spiro atoms. The third-order valence-corrected chi connectivity index (χ3v) is 3.10. The lowest BCUT2D eigenvalue weighted by Gasteiger charge is -2.26. The molecule has 1 fully saturated rings. The van der Waals surface area contributed by atoms with Gasteiger partial charge in [0.05, 0.1) is 19.1 Å². The third kappa shape index (κ3) is 6.42. The number of aliphatic imine (C=N–C) groups is 1. The Hall–Kier alpha value is -0.980. The van der Waals surface area contributed by atoms with Crippen LogP contribution < -0.4 is 0 Å². The molecule has 6 heteroatoms. The van der Waals surface area contributed by atoms with E-state index in [1.807, 2.05) is 48.5 Å².